The molecule has 4 aromatic heterocycles. The topological polar surface area (TPSA) is 119 Å². The van der Waals surface area contributed by atoms with Crippen molar-refractivity contribution in [3.05, 3.63) is 36.0 Å². The second-order valence-corrected chi connectivity index (χ2v) is 4.73. The highest BCUT2D eigenvalue weighted by atomic mass is 15.5. The summed E-state index contributed by atoms with van der Waals surface area (Å²) in [6.45, 7) is 3.87. The highest BCUT2D eigenvalue weighted by Gasteiger charge is 2.19. The first-order valence-corrected chi connectivity index (χ1v) is 6.59. The molecule has 10 heteroatoms. The Morgan fingerprint density at radius 1 is 1.18 bits per heavy atom. The summed E-state index contributed by atoms with van der Waals surface area (Å²) >= 11 is 0. The van der Waals surface area contributed by atoms with E-state index in [1.165, 1.54) is 0 Å². The van der Waals surface area contributed by atoms with Gasteiger partial charge < -0.3 is 0 Å². The van der Waals surface area contributed by atoms with Gasteiger partial charge in [0.15, 0.2) is 5.82 Å². The molecule has 110 valence electrons. The highest BCUT2D eigenvalue weighted by Crippen LogP contribution is 2.25. The van der Waals surface area contributed by atoms with Gasteiger partial charge in [0, 0.05) is 18.6 Å². The summed E-state index contributed by atoms with van der Waals surface area (Å²) in [6.07, 6.45) is 5.31. The van der Waals surface area contributed by atoms with E-state index in [9.17, 15) is 0 Å². The van der Waals surface area contributed by atoms with Crippen LogP contribution in [-0.4, -0.2) is 50.2 Å². The Bertz CT molecular complexity index is 896. The van der Waals surface area contributed by atoms with Gasteiger partial charge in [-0.05, 0) is 25.1 Å². The van der Waals surface area contributed by atoms with Crippen LogP contribution in [0.25, 0.3) is 23.2 Å². The van der Waals surface area contributed by atoms with E-state index >= 15 is 0 Å². The quantitative estimate of drug-likeness (QED) is 0.570. The highest BCUT2D eigenvalue weighted by molar-refractivity contribution is 5.56. The average molecular weight is 296 g/mol. The zero-order valence-corrected chi connectivity index (χ0v) is 11.9. The largest absolute Gasteiger partial charge is 0.295 e. The predicted molar refractivity (Wildman–Crippen MR) is 75.5 cm³/mol. The normalized spacial score (nSPS) is 11.2. The zero-order chi connectivity index (χ0) is 15.1. The van der Waals surface area contributed by atoms with Crippen molar-refractivity contribution in [2.45, 2.75) is 13.8 Å². The van der Waals surface area contributed by atoms with Crippen LogP contribution in [0.4, 0.5) is 0 Å². The molecule has 2 N–H and O–H groups in total. The van der Waals surface area contributed by atoms with E-state index in [1.54, 1.807) is 17.1 Å². The molecule has 0 saturated carbocycles. The molecule has 0 radical (unpaired) electrons. The molecule has 22 heavy (non-hydrogen) atoms. The first-order valence-electron chi connectivity index (χ1n) is 6.59. The first kappa shape index (κ1) is 12.4. The third kappa shape index (κ3) is 1.74. The minimum absolute atomic E-state index is 0.398. The van der Waals surface area contributed by atoms with Crippen molar-refractivity contribution in [3.8, 4) is 23.2 Å². The second-order valence-electron chi connectivity index (χ2n) is 4.73. The van der Waals surface area contributed by atoms with Crippen molar-refractivity contribution in [1.29, 1.82) is 0 Å². The van der Waals surface area contributed by atoms with Gasteiger partial charge >= 0.3 is 0 Å². The standard InChI is InChI=1S/C12H12N10/c1-7-10(8(2)22(18-7)12-16-19-20-17-12)21-6-5-13-11(21)9-3-4-14-15-9/h3-6H,1-2H3,(H,14,15)(H,16,17,19,20). The molecule has 0 aromatic carbocycles. The van der Waals surface area contributed by atoms with Crippen molar-refractivity contribution in [1.82, 2.24) is 50.2 Å². The van der Waals surface area contributed by atoms with Crippen molar-refractivity contribution in [2.75, 3.05) is 0 Å². The van der Waals surface area contributed by atoms with Gasteiger partial charge in [0.2, 0.25) is 0 Å². The molecule has 4 rings (SSSR count). The van der Waals surface area contributed by atoms with Gasteiger partial charge in [0.25, 0.3) is 5.95 Å². The van der Waals surface area contributed by atoms with Gasteiger partial charge in [-0.2, -0.15) is 20.1 Å². The Kier molecular flexibility index (Phi) is 2.61. The summed E-state index contributed by atoms with van der Waals surface area (Å²) in [6, 6.07) is 1.87. The molecule has 0 amide bonds. The number of hydrogen-bond acceptors (Lipinski definition) is 6. The summed E-state index contributed by atoms with van der Waals surface area (Å²) in [7, 11) is 0. The number of tetrazole rings is 1. The van der Waals surface area contributed by atoms with Crippen LogP contribution in [0.3, 0.4) is 0 Å². The average Bonchev–Trinajstić information content (AvgIpc) is 3.25. The maximum Gasteiger partial charge on any atom is 0.290 e. The number of aromatic amines is 2. The lowest BCUT2D eigenvalue weighted by Gasteiger charge is -2.07. The monoisotopic (exact) mass is 296 g/mol. The smallest absolute Gasteiger partial charge is 0.290 e. The Morgan fingerprint density at radius 2 is 2.09 bits per heavy atom. The lowest BCUT2D eigenvalue weighted by Crippen LogP contribution is -2.03. The summed E-state index contributed by atoms with van der Waals surface area (Å²) < 4.78 is 3.60. The van der Waals surface area contributed by atoms with Crippen LogP contribution in [0, 0.1) is 13.8 Å². The fourth-order valence-electron chi connectivity index (χ4n) is 2.49. The van der Waals surface area contributed by atoms with E-state index in [-0.39, 0.29) is 0 Å². The first-order chi connectivity index (χ1) is 10.8. The summed E-state index contributed by atoms with van der Waals surface area (Å²) in [5.41, 5.74) is 3.47. The van der Waals surface area contributed by atoms with Crippen LogP contribution in [-0.2, 0) is 0 Å². The van der Waals surface area contributed by atoms with Crippen LogP contribution in [0.2, 0.25) is 0 Å². The SMILES string of the molecule is Cc1nn(-c2nn[nH]n2)c(C)c1-n1ccnc1-c1ccn[nH]1. The molecule has 0 aliphatic heterocycles. The molecule has 0 bridgehead atoms. The third-order valence-electron chi connectivity index (χ3n) is 3.40. The summed E-state index contributed by atoms with van der Waals surface area (Å²) in [5.74, 6) is 1.16. The van der Waals surface area contributed by atoms with Gasteiger partial charge in [-0.3, -0.25) is 9.67 Å². The molecule has 4 heterocycles. The number of nitrogens with one attached hydrogen (secondary N) is 2. The van der Waals surface area contributed by atoms with Crippen LogP contribution in [0.15, 0.2) is 24.7 Å². The van der Waals surface area contributed by atoms with Crippen molar-refractivity contribution in [2.24, 2.45) is 0 Å². The molecule has 0 aliphatic rings. The van der Waals surface area contributed by atoms with Crippen molar-refractivity contribution in [3.63, 3.8) is 0 Å². The molecule has 0 fully saturated rings. The lowest BCUT2D eigenvalue weighted by atomic mass is 10.3. The molecule has 0 saturated heterocycles. The minimum atomic E-state index is 0.398. The Balaban J connectivity index is 1.90. The molecular weight excluding hydrogens is 284 g/mol. The zero-order valence-electron chi connectivity index (χ0n) is 11.9. The number of rotatable bonds is 3. The van der Waals surface area contributed by atoms with Crippen LogP contribution < -0.4 is 0 Å². The van der Waals surface area contributed by atoms with Crippen molar-refractivity contribution < 1.29 is 0 Å². The third-order valence-corrected chi connectivity index (χ3v) is 3.40. The number of H-pyrrole nitrogens is 2. The van der Waals surface area contributed by atoms with E-state index in [0.29, 0.717) is 5.95 Å². The Labute approximate surface area is 124 Å². The van der Waals surface area contributed by atoms with Gasteiger partial charge in [-0.25, -0.2) is 4.98 Å². The Hall–Kier alpha value is -3.30. The van der Waals surface area contributed by atoms with E-state index in [4.69, 9.17) is 0 Å². The van der Waals surface area contributed by atoms with Crippen LogP contribution >= 0.6 is 0 Å². The maximum atomic E-state index is 4.49. The molecule has 4 aromatic rings. The van der Waals surface area contributed by atoms with Crippen LogP contribution in [0.1, 0.15) is 11.4 Å². The fourth-order valence-corrected chi connectivity index (χ4v) is 2.49. The number of aromatic nitrogens is 10. The van der Waals surface area contributed by atoms with Crippen molar-refractivity contribution >= 4 is 0 Å². The number of hydrogen-bond donors (Lipinski definition) is 2. The van der Waals surface area contributed by atoms with Gasteiger partial charge in [-0.15, -0.1) is 5.10 Å². The van der Waals surface area contributed by atoms with E-state index in [2.05, 4.69) is 40.9 Å². The fraction of sp³-hybridized carbons (Fsp3) is 0.167. The number of nitrogens with zero attached hydrogens (tertiary/aromatic N) is 8. The summed E-state index contributed by atoms with van der Waals surface area (Å²) in [5, 5.41) is 25.3. The molecule has 0 atom stereocenters. The molecule has 0 aliphatic carbocycles. The molecule has 0 unspecified atom stereocenters. The van der Waals surface area contributed by atoms with Gasteiger partial charge in [0.1, 0.15) is 5.69 Å². The lowest BCUT2D eigenvalue weighted by molar-refractivity contribution is 0.776. The van der Waals surface area contributed by atoms with E-state index < -0.39 is 0 Å². The second kappa shape index (κ2) is 4.62. The maximum absolute atomic E-state index is 4.49. The minimum Gasteiger partial charge on any atom is -0.295 e. The molecule has 0 spiro atoms. The van der Waals surface area contributed by atoms with E-state index in [1.807, 2.05) is 30.7 Å². The van der Waals surface area contributed by atoms with Gasteiger partial charge in [-0.1, -0.05) is 5.10 Å². The summed E-state index contributed by atoms with van der Waals surface area (Å²) in [4.78, 5) is 4.39. The molecule has 10 nitrogen and oxygen atoms in total. The molecular formula is C12H12N10. The number of aryl methyl sites for hydroxylation is 1. The van der Waals surface area contributed by atoms with Gasteiger partial charge in [0.05, 0.1) is 17.1 Å². The van der Waals surface area contributed by atoms with E-state index in [0.717, 1.165) is 28.6 Å². The Morgan fingerprint density at radius 3 is 2.82 bits per heavy atom. The van der Waals surface area contributed by atoms with Crippen LogP contribution in [0.5, 0.6) is 0 Å². The predicted octanol–water partition coefficient (Wildman–Crippen LogP) is 0.578. The number of imidazole rings is 1.